The van der Waals surface area contributed by atoms with Crippen molar-refractivity contribution < 1.29 is 14.3 Å². The molecule has 3 heteroatoms. The summed E-state index contributed by atoms with van der Waals surface area (Å²) in [5.41, 5.74) is 0.227. The Hall–Kier alpha value is -0.570. The van der Waals surface area contributed by atoms with Gasteiger partial charge in [-0.3, -0.25) is 4.79 Å². The second-order valence-corrected chi connectivity index (χ2v) is 4.36. The molecule has 1 aliphatic carbocycles. The summed E-state index contributed by atoms with van der Waals surface area (Å²) in [7, 11) is 0. The van der Waals surface area contributed by atoms with Gasteiger partial charge in [-0.15, -0.1) is 0 Å². The molecule has 1 spiro atoms. The van der Waals surface area contributed by atoms with Crippen LogP contribution < -0.4 is 0 Å². The van der Waals surface area contributed by atoms with Crippen LogP contribution in [-0.2, 0) is 14.3 Å². The maximum absolute atomic E-state index is 11.6. The molecule has 0 amide bonds. The van der Waals surface area contributed by atoms with Gasteiger partial charge >= 0.3 is 5.97 Å². The molecule has 3 nitrogen and oxygen atoms in total. The van der Waals surface area contributed by atoms with Crippen molar-refractivity contribution in [3.8, 4) is 0 Å². The lowest BCUT2D eigenvalue weighted by Gasteiger charge is -2.22. The van der Waals surface area contributed by atoms with E-state index in [9.17, 15) is 4.79 Å². The Labute approximate surface area is 84.8 Å². The van der Waals surface area contributed by atoms with E-state index in [0.717, 1.165) is 26.1 Å². The maximum Gasteiger partial charge on any atom is 0.309 e. The molecule has 0 aromatic heterocycles. The quantitative estimate of drug-likeness (QED) is 0.632. The van der Waals surface area contributed by atoms with Crippen molar-refractivity contribution in [2.45, 2.75) is 26.7 Å². The third-order valence-corrected chi connectivity index (χ3v) is 3.88. The molecule has 0 radical (unpaired) electrons. The minimum Gasteiger partial charge on any atom is -0.466 e. The monoisotopic (exact) mass is 198 g/mol. The van der Waals surface area contributed by atoms with Crippen LogP contribution in [0.15, 0.2) is 0 Å². The minimum atomic E-state index is 0.00176. The van der Waals surface area contributed by atoms with E-state index in [4.69, 9.17) is 9.47 Å². The molecule has 80 valence electrons. The van der Waals surface area contributed by atoms with Crippen LogP contribution >= 0.6 is 0 Å². The molecular formula is C11H18O3. The summed E-state index contributed by atoms with van der Waals surface area (Å²) < 4.78 is 10.4. The summed E-state index contributed by atoms with van der Waals surface area (Å²) in [5.74, 6) is 0.638. The van der Waals surface area contributed by atoms with Crippen LogP contribution in [0, 0.1) is 17.3 Å². The molecule has 1 aliphatic heterocycles. The van der Waals surface area contributed by atoms with Crippen LogP contribution in [-0.4, -0.2) is 25.8 Å². The lowest BCUT2D eigenvalue weighted by Crippen LogP contribution is -2.22. The molecule has 2 atom stereocenters. The Kier molecular flexibility index (Phi) is 2.52. The molecular weight excluding hydrogens is 180 g/mol. The third kappa shape index (κ3) is 1.34. The van der Waals surface area contributed by atoms with Crippen molar-refractivity contribution in [3.05, 3.63) is 0 Å². The van der Waals surface area contributed by atoms with E-state index in [1.54, 1.807) is 0 Å². The largest absolute Gasteiger partial charge is 0.466 e. The third-order valence-electron chi connectivity index (χ3n) is 3.88. The van der Waals surface area contributed by atoms with Crippen LogP contribution in [0.2, 0.25) is 0 Å². The fourth-order valence-corrected chi connectivity index (χ4v) is 2.89. The summed E-state index contributed by atoms with van der Waals surface area (Å²) in [6, 6.07) is 0. The van der Waals surface area contributed by atoms with Gasteiger partial charge in [0.15, 0.2) is 0 Å². The van der Waals surface area contributed by atoms with Gasteiger partial charge in [-0.1, -0.05) is 6.92 Å². The highest BCUT2D eigenvalue weighted by Crippen LogP contribution is 2.64. The van der Waals surface area contributed by atoms with Crippen molar-refractivity contribution >= 4 is 5.97 Å². The van der Waals surface area contributed by atoms with Crippen molar-refractivity contribution in [2.24, 2.45) is 17.3 Å². The molecule has 0 bridgehead atoms. The Morgan fingerprint density at radius 2 is 2.14 bits per heavy atom. The lowest BCUT2D eigenvalue weighted by atomic mass is 9.92. The molecule has 2 fully saturated rings. The first-order chi connectivity index (χ1) is 6.72. The topological polar surface area (TPSA) is 35.5 Å². The Bertz CT molecular complexity index is 231. The van der Waals surface area contributed by atoms with Gasteiger partial charge in [0.2, 0.25) is 0 Å². The van der Waals surface area contributed by atoms with E-state index in [2.05, 4.69) is 6.92 Å². The van der Waals surface area contributed by atoms with Crippen molar-refractivity contribution in [1.29, 1.82) is 0 Å². The number of carbonyl (C=O) groups excluding carboxylic acids is 1. The minimum absolute atomic E-state index is 0.00176. The highest BCUT2D eigenvalue weighted by Gasteiger charge is 2.65. The maximum atomic E-state index is 11.6. The zero-order valence-electron chi connectivity index (χ0n) is 8.91. The Morgan fingerprint density at radius 3 is 2.71 bits per heavy atom. The van der Waals surface area contributed by atoms with Gasteiger partial charge in [0.05, 0.1) is 12.5 Å². The Balaban J connectivity index is 1.99. The molecule has 2 rings (SSSR count). The molecule has 2 unspecified atom stereocenters. The van der Waals surface area contributed by atoms with Gasteiger partial charge < -0.3 is 9.47 Å². The number of hydrogen-bond donors (Lipinski definition) is 0. The highest BCUT2D eigenvalue weighted by molar-refractivity contribution is 5.77. The van der Waals surface area contributed by atoms with Crippen LogP contribution in [0.4, 0.5) is 0 Å². The van der Waals surface area contributed by atoms with E-state index < -0.39 is 0 Å². The van der Waals surface area contributed by atoms with E-state index in [1.165, 1.54) is 0 Å². The first-order valence-electron chi connectivity index (χ1n) is 5.47. The standard InChI is InChI=1S/C11H18O3/c1-3-14-10(12)9-8(2)11(9)4-6-13-7-5-11/h8-9H,3-7H2,1-2H3. The van der Waals surface area contributed by atoms with E-state index in [0.29, 0.717) is 12.5 Å². The summed E-state index contributed by atoms with van der Waals surface area (Å²) in [4.78, 5) is 11.6. The SMILES string of the molecule is CCOC(=O)C1C(C)C12CCOCC2. The first kappa shape index (κ1) is 9.97. The fraction of sp³-hybridized carbons (Fsp3) is 0.909. The number of rotatable bonds is 2. The van der Waals surface area contributed by atoms with Gasteiger partial charge in [0, 0.05) is 13.2 Å². The van der Waals surface area contributed by atoms with E-state index in [-0.39, 0.29) is 17.3 Å². The number of hydrogen-bond acceptors (Lipinski definition) is 3. The average molecular weight is 198 g/mol. The van der Waals surface area contributed by atoms with Gasteiger partial charge in [0.25, 0.3) is 0 Å². The van der Waals surface area contributed by atoms with Gasteiger partial charge in [-0.25, -0.2) is 0 Å². The zero-order chi connectivity index (χ0) is 10.2. The second kappa shape index (κ2) is 3.54. The highest BCUT2D eigenvalue weighted by atomic mass is 16.5. The van der Waals surface area contributed by atoms with E-state index in [1.807, 2.05) is 6.92 Å². The molecule has 0 aromatic carbocycles. The van der Waals surface area contributed by atoms with Crippen LogP contribution in [0.25, 0.3) is 0 Å². The summed E-state index contributed by atoms with van der Waals surface area (Å²) in [6.45, 7) is 6.13. The van der Waals surface area contributed by atoms with Gasteiger partial charge in [0.1, 0.15) is 0 Å². The predicted molar refractivity (Wildman–Crippen MR) is 51.8 cm³/mol. The number of esters is 1. The summed E-state index contributed by atoms with van der Waals surface area (Å²) in [6.07, 6.45) is 2.05. The molecule has 1 saturated carbocycles. The average Bonchev–Trinajstić information content (AvgIpc) is 2.72. The Morgan fingerprint density at radius 1 is 1.50 bits per heavy atom. The predicted octanol–water partition coefficient (Wildman–Crippen LogP) is 1.61. The van der Waals surface area contributed by atoms with E-state index >= 15 is 0 Å². The molecule has 2 aliphatic rings. The second-order valence-electron chi connectivity index (χ2n) is 4.36. The number of ether oxygens (including phenoxy) is 2. The van der Waals surface area contributed by atoms with Crippen LogP contribution in [0.5, 0.6) is 0 Å². The zero-order valence-corrected chi connectivity index (χ0v) is 8.91. The van der Waals surface area contributed by atoms with Crippen molar-refractivity contribution in [2.75, 3.05) is 19.8 Å². The molecule has 1 heterocycles. The molecule has 0 aromatic rings. The molecule has 1 saturated heterocycles. The van der Waals surface area contributed by atoms with Gasteiger partial charge in [-0.2, -0.15) is 0 Å². The fourth-order valence-electron chi connectivity index (χ4n) is 2.89. The summed E-state index contributed by atoms with van der Waals surface area (Å²) >= 11 is 0. The molecule has 14 heavy (non-hydrogen) atoms. The van der Waals surface area contributed by atoms with Crippen LogP contribution in [0.3, 0.4) is 0 Å². The first-order valence-corrected chi connectivity index (χ1v) is 5.47. The molecule has 0 N–H and O–H groups in total. The number of carbonyl (C=O) groups is 1. The normalized spacial score (nSPS) is 34.1. The van der Waals surface area contributed by atoms with Gasteiger partial charge in [-0.05, 0) is 31.1 Å². The van der Waals surface area contributed by atoms with Crippen molar-refractivity contribution in [1.82, 2.24) is 0 Å². The van der Waals surface area contributed by atoms with Crippen LogP contribution in [0.1, 0.15) is 26.7 Å². The smallest absolute Gasteiger partial charge is 0.309 e. The summed E-state index contributed by atoms with van der Waals surface area (Å²) in [5, 5.41) is 0. The van der Waals surface area contributed by atoms with Crippen molar-refractivity contribution in [3.63, 3.8) is 0 Å². The lowest BCUT2D eigenvalue weighted by molar-refractivity contribution is -0.146.